The average molecular weight is 145 g/mol. The summed E-state index contributed by atoms with van der Waals surface area (Å²) in [5, 5.41) is 3.25. The minimum atomic E-state index is 0. The smallest absolute Gasteiger partial charge is 0.0132 e. The van der Waals surface area contributed by atoms with E-state index < -0.39 is 0 Å². The molecule has 62 valence electrons. The molecule has 0 aromatic carbocycles. The molecule has 0 heterocycles. The van der Waals surface area contributed by atoms with Crippen LogP contribution >= 0.6 is 0 Å². The topological polar surface area (TPSA) is 43.5 Å². The predicted molar refractivity (Wildman–Crippen MR) is 46.2 cm³/mol. The summed E-state index contributed by atoms with van der Waals surface area (Å²) >= 11 is 0. The molecule has 0 aliphatic rings. The van der Waals surface area contributed by atoms with Gasteiger partial charge in [0.15, 0.2) is 0 Å². The van der Waals surface area contributed by atoms with Crippen LogP contribution in [-0.4, -0.2) is 18.6 Å². The third-order valence-corrected chi connectivity index (χ3v) is 1.25. The maximum atomic E-state index is 3.62. The molecule has 0 atom stereocenters. The minimum Gasteiger partial charge on any atom is -0.412 e. The van der Waals surface area contributed by atoms with Gasteiger partial charge in [-0.25, -0.2) is 0 Å². The van der Waals surface area contributed by atoms with Crippen LogP contribution in [0.1, 0.15) is 26.2 Å². The van der Waals surface area contributed by atoms with E-state index >= 15 is 0 Å². The molecule has 0 aromatic heterocycles. The largest absolute Gasteiger partial charge is 0.412 e. The van der Waals surface area contributed by atoms with Crippen LogP contribution in [0.2, 0.25) is 0 Å². The summed E-state index contributed by atoms with van der Waals surface area (Å²) in [6, 6.07) is 0. The van der Waals surface area contributed by atoms with Gasteiger partial charge in [0.2, 0.25) is 0 Å². The third kappa shape index (κ3) is 10.6. The fraction of sp³-hybridized carbons (Fsp3) is 0.750. The van der Waals surface area contributed by atoms with Crippen LogP contribution in [0.4, 0.5) is 0 Å². The second kappa shape index (κ2) is 11.5. The van der Waals surface area contributed by atoms with Gasteiger partial charge in [0.25, 0.3) is 0 Å². The molecule has 0 aliphatic carbocycles. The Bertz CT molecular complexity index is 64.3. The monoisotopic (exact) mass is 145 g/mol. The molecule has 0 fully saturated rings. The summed E-state index contributed by atoms with van der Waals surface area (Å²) in [7, 11) is 0. The summed E-state index contributed by atoms with van der Waals surface area (Å²) in [5.41, 5.74) is 0. The standard InChI is InChI=1S/C8H17N.H2O/c1-3-5-6-8-9-7-4-2;/h4,9H,2-3,5-8H2,1H3;1H2. The molecule has 0 rings (SSSR count). The first-order valence-corrected chi connectivity index (χ1v) is 3.73. The van der Waals surface area contributed by atoms with E-state index in [4.69, 9.17) is 0 Å². The Morgan fingerprint density at radius 3 is 2.60 bits per heavy atom. The first-order chi connectivity index (χ1) is 4.41. The molecule has 10 heavy (non-hydrogen) atoms. The zero-order valence-corrected chi connectivity index (χ0v) is 6.82. The van der Waals surface area contributed by atoms with Gasteiger partial charge in [-0.2, -0.15) is 0 Å². The van der Waals surface area contributed by atoms with Gasteiger partial charge in [0.1, 0.15) is 0 Å². The van der Waals surface area contributed by atoms with E-state index in [9.17, 15) is 0 Å². The molecule has 2 nitrogen and oxygen atoms in total. The van der Waals surface area contributed by atoms with Crippen molar-refractivity contribution in [3.8, 4) is 0 Å². The minimum absolute atomic E-state index is 0. The molecular weight excluding hydrogens is 126 g/mol. The van der Waals surface area contributed by atoms with E-state index in [1.807, 2.05) is 6.08 Å². The molecule has 0 saturated heterocycles. The zero-order chi connectivity index (χ0) is 6.95. The lowest BCUT2D eigenvalue weighted by Crippen LogP contribution is -2.14. The highest BCUT2D eigenvalue weighted by atomic mass is 16.0. The lowest BCUT2D eigenvalue weighted by atomic mass is 10.2. The van der Waals surface area contributed by atoms with Crippen molar-refractivity contribution < 1.29 is 5.48 Å². The molecule has 0 saturated carbocycles. The molecule has 0 bridgehead atoms. The Morgan fingerprint density at radius 2 is 2.10 bits per heavy atom. The van der Waals surface area contributed by atoms with Crippen LogP contribution in [0, 0.1) is 0 Å². The van der Waals surface area contributed by atoms with Gasteiger partial charge in [-0.1, -0.05) is 25.8 Å². The summed E-state index contributed by atoms with van der Waals surface area (Å²) in [5.74, 6) is 0. The Morgan fingerprint density at radius 1 is 1.40 bits per heavy atom. The van der Waals surface area contributed by atoms with E-state index in [2.05, 4.69) is 18.8 Å². The van der Waals surface area contributed by atoms with Gasteiger partial charge in [-0.15, -0.1) is 6.58 Å². The Labute approximate surface area is 63.6 Å². The van der Waals surface area contributed by atoms with E-state index in [0.717, 1.165) is 13.1 Å². The van der Waals surface area contributed by atoms with Crippen LogP contribution in [0.25, 0.3) is 0 Å². The number of hydrogen-bond donors (Lipinski definition) is 1. The second-order valence-electron chi connectivity index (χ2n) is 2.20. The van der Waals surface area contributed by atoms with Crippen molar-refractivity contribution in [2.24, 2.45) is 0 Å². The quantitative estimate of drug-likeness (QED) is 0.442. The lowest BCUT2D eigenvalue weighted by Gasteiger charge is -1.98. The first kappa shape index (κ1) is 12.3. The van der Waals surface area contributed by atoms with Gasteiger partial charge in [0, 0.05) is 6.54 Å². The zero-order valence-electron chi connectivity index (χ0n) is 6.82. The molecule has 2 heteroatoms. The van der Waals surface area contributed by atoms with Crippen molar-refractivity contribution in [3.63, 3.8) is 0 Å². The van der Waals surface area contributed by atoms with Gasteiger partial charge in [-0.3, -0.25) is 0 Å². The van der Waals surface area contributed by atoms with Crippen LogP contribution in [0.3, 0.4) is 0 Å². The van der Waals surface area contributed by atoms with E-state index in [1.54, 1.807) is 0 Å². The SMILES string of the molecule is C=CCNCCCCC.O. The normalized spacial score (nSPS) is 8.50. The van der Waals surface area contributed by atoms with Crippen molar-refractivity contribution >= 4 is 0 Å². The molecule has 0 aromatic rings. The molecular formula is C8H19NO. The predicted octanol–water partition coefficient (Wildman–Crippen LogP) is 1.13. The molecule has 0 aliphatic heterocycles. The summed E-state index contributed by atoms with van der Waals surface area (Å²) in [4.78, 5) is 0. The fourth-order valence-electron chi connectivity index (χ4n) is 0.704. The average Bonchev–Trinajstić information content (AvgIpc) is 1.89. The van der Waals surface area contributed by atoms with E-state index in [0.29, 0.717) is 0 Å². The second-order valence-corrected chi connectivity index (χ2v) is 2.20. The maximum absolute atomic E-state index is 3.62. The highest BCUT2D eigenvalue weighted by Crippen LogP contribution is 1.90. The number of hydrogen-bond acceptors (Lipinski definition) is 1. The van der Waals surface area contributed by atoms with Crippen molar-refractivity contribution in [3.05, 3.63) is 12.7 Å². The highest BCUT2D eigenvalue weighted by molar-refractivity contribution is 4.68. The molecule has 0 amide bonds. The Hall–Kier alpha value is -0.340. The molecule has 0 unspecified atom stereocenters. The van der Waals surface area contributed by atoms with Crippen molar-refractivity contribution in [2.75, 3.05) is 13.1 Å². The lowest BCUT2D eigenvalue weighted by molar-refractivity contribution is 0.647. The Kier molecular flexibility index (Phi) is 14.1. The van der Waals surface area contributed by atoms with Gasteiger partial charge >= 0.3 is 0 Å². The summed E-state index contributed by atoms with van der Waals surface area (Å²) in [6.07, 6.45) is 5.83. The van der Waals surface area contributed by atoms with Crippen LogP contribution < -0.4 is 5.32 Å². The molecule has 0 spiro atoms. The Balaban J connectivity index is 0. The van der Waals surface area contributed by atoms with Gasteiger partial charge in [-0.05, 0) is 13.0 Å². The van der Waals surface area contributed by atoms with E-state index in [1.165, 1.54) is 19.3 Å². The number of unbranched alkanes of at least 4 members (excludes halogenated alkanes) is 2. The van der Waals surface area contributed by atoms with Crippen molar-refractivity contribution in [1.82, 2.24) is 5.32 Å². The van der Waals surface area contributed by atoms with Gasteiger partial charge < -0.3 is 10.8 Å². The van der Waals surface area contributed by atoms with Gasteiger partial charge in [0.05, 0.1) is 0 Å². The van der Waals surface area contributed by atoms with Crippen LogP contribution in [0.15, 0.2) is 12.7 Å². The van der Waals surface area contributed by atoms with Crippen LogP contribution in [-0.2, 0) is 0 Å². The fourth-order valence-corrected chi connectivity index (χ4v) is 0.704. The molecule has 0 radical (unpaired) electrons. The van der Waals surface area contributed by atoms with E-state index in [-0.39, 0.29) is 5.48 Å². The number of nitrogens with one attached hydrogen (secondary N) is 1. The molecule has 3 N–H and O–H groups in total. The summed E-state index contributed by atoms with van der Waals surface area (Å²) in [6.45, 7) is 7.92. The maximum Gasteiger partial charge on any atom is 0.0132 e. The number of rotatable bonds is 6. The third-order valence-electron chi connectivity index (χ3n) is 1.25. The summed E-state index contributed by atoms with van der Waals surface area (Å²) < 4.78 is 0. The first-order valence-electron chi connectivity index (χ1n) is 3.73. The van der Waals surface area contributed by atoms with Crippen molar-refractivity contribution in [2.45, 2.75) is 26.2 Å². The van der Waals surface area contributed by atoms with Crippen LogP contribution in [0.5, 0.6) is 0 Å². The highest BCUT2D eigenvalue weighted by Gasteiger charge is 1.82. The van der Waals surface area contributed by atoms with Crippen molar-refractivity contribution in [1.29, 1.82) is 0 Å².